The highest BCUT2D eigenvalue weighted by Crippen LogP contribution is 2.10. The Balaban J connectivity index is 1.97. The quantitative estimate of drug-likeness (QED) is 0.876. The summed E-state index contributed by atoms with van der Waals surface area (Å²) in [5.74, 6) is -0.915. The number of carbonyl (C=O) groups excluding carboxylic acids is 1. The number of nitrogens with zero attached hydrogens (tertiary/aromatic N) is 3. The number of carboxylic acids is 1. The smallest absolute Gasteiger partial charge is 0.320 e. The fourth-order valence-electron chi connectivity index (χ4n) is 2.29. The lowest BCUT2D eigenvalue weighted by Gasteiger charge is -2.36. The molecule has 1 fully saturated rings. The Bertz CT molecular complexity index is 510. The minimum absolute atomic E-state index is 0.0867. The van der Waals surface area contributed by atoms with Crippen LogP contribution in [0.15, 0.2) is 18.2 Å². The van der Waals surface area contributed by atoms with E-state index in [2.05, 4.69) is 4.98 Å². The summed E-state index contributed by atoms with van der Waals surface area (Å²) in [5, 5.41) is 8.99. The van der Waals surface area contributed by atoms with E-state index in [0.29, 0.717) is 31.9 Å². The molecule has 108 valence electrons. The second kappa shape index (κ2) is 6.00. The van der Waals surface area contributed by atoms with E-state index < -0.39 is 12.0 Å². The van der Waals surface area contributed by atoms with Gasteiger partial charge in [-0.05, 0) is 26.0 Å². The lowest BCUT2D eigenvalue weighted by Crippen LogP contribution is -2.53. The minimum Gasteiger partial charge on any atom is -0.480 e. The summed E-state index contributed by atoms with van der Waals surface area (Å²) >= 11 is 0. The van der Waals surface area contributed by atoms with Crippen LogP contribution >= 0.6 is 0 Å². The van der Waals surface area contributed by atoms with Crippen LogP contribution in [0.5, 0.6) is 0 Å². The van der Waals surface area contributed by atoms with E-state index in [0.717, 1.165) is 5.69 Å². The van der Waals surface area contributed by atoms with E-state index in [1.807, 2.05) is 24.0 Å². The van der Waals surface area contributed by atoms with Gasteiger partial charge in [-0.3, -0.25) is 14.5 Å². The molecule has 1 atom stereocenters. The molecule has 1 aliphatic heterocycles. The molecule has 1 unspecified atom stereocenters. The fourth-order valence-corrected chi connectivity index (χ4v) is 2.29. The van der Waals surface area contributed by atoms with Gasteiger partial charge in [-0.15, -0.1) is 0 Å². The van der Waals surface area contributed by atoms with Crippen molar-refractivity contribution >= 4 is 11.9 Å². The summed E-state index contributed by atoms with van der Waals surface area (Å²) in [6.45, 7) is 5.74. The predicted octanol–water partition coefficient (Wildman–Crippen LogP) is 0.621. The van der Waals surface area contributed by atoms with Gasteiger partial charge in [0.1, 0.15) is 11.7 Å². The third-order valence-electron chi connectivity index (χ3n) is 3.61. The molecule has 1 N–H and O–H groups in total. The summed E-state index contributed by atoms with van der Waals surface area (Å²) in [6, 6.07) is 4.87. The van der Waals surface area contributed by atoms with E-state index in [4.69, 9.17) is 5.11 Å². The maximum absolute atomic E-state index is 12.3. The Labute approximate surface area is 118 Å². The number of aromatic nitrogens is 1. The highest BCUT2D eigenvalue weighted by atomic mass is 16.4. The SMILES string of the molecule is Cc1cccc(C(=O)N2CCN(C(C)C(=O)O)CC2)n1. The third-order valence-corrected chi connectivity index (χ3v) is 3.61. The van der Waals surface area contributed by atoms with Crippen molar-refractivity contribution < 1.29 is 14.7 Å². The van der Waals surface area contributed by atoms with E-state index in [-0.39, 0.29) is 5.91 Å². The second-order valence-electron chi connectivity index (χ2n) is 5.01. The molecule has 6 nitrogen and oxygen atoms in total. The highest BCUT2D eigenvalue weighted by Gasteiger charge is 2.27. The van der Waals surface area contributed by atoms with E-state index in [1.54, 1.807) is 17.9 Å². The largest absolute Gasteiger partial charge is 0.480 e. The maximum atomic E-state index is 12.3. The summed E-state index contributed by atoms with van der Waals surface area (Å²) < 4.78 is 0. The first-order valence-corrected chi connectivity index (χ1v) is 6.69. The lowest BCUT2D eigenvalue weighted by atomic mass is 10.2. The summed E-state index contributed by atoms with van der Waals surface area (Å²) in [4.78, 5) is 31.1. The Kier molecular flexibility index (Phi) is 4.34. The molecular formula is C14H19N3O3. The van der Waals surface area contributed by atoms with Crippen molar-refractivity contribution in [3.05, 3.63) is 29.6 Å². The van der Waals surface area contributed by atoms with Gasteiger partial charge in [-0.2, -0.15) is 0 Å². The average molecular weight is 277 g/mol. The molecule has 1 aliphatic rings. The number of pyridine rings is 1. The van der Waals surface area contributed by atoms with Gasteiger partial charge in [-0.1, -0.05) is 6.07 Å². The van der Waals surface area contributed by atoms with Crippen LogP contribution < -0.4 is 0 Å². The molecule has 1 aromatic rings. The summed E-state index contributed by atoms with van der Waals surface area (Å²) in [5.41, 5.74) is 1.26. The van der Waals surface area contributed by atoms with Crippen LogP contribution in [0, 0.1) is 6.92 Å². The van der Waals surface area contributed by atoms with Crippen LogP contribution in [0.2, 0.25) is 0 Å². The van der Waals surface area contributed by atoms with Crippen molar-refractivity contribution in [3.63, 3.8) is 0 Å². The van der Waals surface area contributed by atoms with E-state index in [9.17, 15) is 9.59 Å². The molecule has 6 heteroatoms. The number of aryl methyl sites for hydroxylation is 1. The number of hydrogen-bond donors (Lipinski definition) is 1. The van der Waals surface area contributed by atoms with Gasteiger partial charge in [0.05, 0.1) is 0 Å². The van der Waals surface area contributed by atoms with Crippen LogP contribution in [0.4, 0.5) is 0 Å². The molecular weight excluding hydrogens is 258 g/mol. The highest BCUT2D eigenvalue weighted by molar-refractivity contribution is 5.92. The molecule has 20 heavy (non-hydrogen) atoms. The first-order chi connectivity index (χ1) is 9.49. The minimum atomic E-state index is -0.829. The topological polar surface area (TPSA) is 73.7 Å². The van der Waals surface area contributed by atoms with Crippen molar-refractivity contribution in [2.45, 2.75) is 19.9 Å². The van der Waals surface area contributed by atoms with Crippen molar-refractivity contribution in [2.24, 2.45) is 0 Å². The van der Waals surface area contributed by atoms with Gasteiger partial charge in [-0.25, -0.2) is 4.98 Å². The van der Waals surface area contributed by atoms with Gasteiger partial charge < -0.3 is 10.0 Å². The fraction of sp³-hybridized carbons (Fsp3) is 0.500. The lowest BCUT2D eigenvalue weighted by molar-refractivity contribution is -0.143. The van der Waals surface area contributed by atoms with Crippen LogP contribution in [-0.4, -0.2) is 64.0 Å². The molecule has 0 saturated carbocycles. The first-order valence-electron chi connectivity index (χ1n) is 6.69. The zero-order chi connectivity index (χ0) is 14.7. The van der Waals surface area contributed by atoms with Crippen LogP contribution in [0.25, 0.3) is 0 Å². The normalized spacial score (nSPS) is 17.8. The molecule has 0 aromatic carbocycles. The van der Waals surface area contributed by atoms with Gasteiger partial charge >= 0.3 is 5.97 Å². The van der Waals surface area contributed by atoms with Crippen molar-refractivity contribution in [1.29, 1.82) is 0 Å². The van der Waals surface area contributed by atoms with Gasteiger partial charge in [0.15, 0.2) is 0 Å². The Morgan fingerprint density at radius 2 is 1.90 bits per heavy atom. The van der Waals surface area contributed by atoms with E-state index >= 15 is 0 Å². The molecule has 1 aromatic heterocycles. The predicted molar refractivity (Wildman–Crippen MR) is 73.5 cm³/mol. The molecule has 2 rings (SSSR count). The molecule has 0 aliphatic carbocycles. The number of amides is 1. The van der Waals surface area contributed by atoms with Gasteiger partial charge in [0, 0.05) is 31.9 Å². The number of aliphatic carboxylic acids is 1. The van der Waals surface area contributed by atoms with Crippen molar-refractivity contribution in [3.8, 4) is 0 Å². The van der Waals surface area contributed by atoms with Gasteiger partial charge in [0.2, 0.25) is 0 Å². The summed E-state index contributed by atoms with van der Waals surface area (Å²) in [6.07, 6.45) is 0. The number of hydrogen-bond acceptors (Lipinski definition) is 4. The Morgan fingerprint density at radius 1 is 1.25 bits per heavy atom. The molecule has 0 radical (unpaired) electrons. The van der Waals surface area contributed by atoms with Crippen molar-refractivity contribution in [1.82, 2.24) is 14.8 Å². The van der Waals surface area contributed by atoms with Crippen LogP contribution in [0.1, 0.15) is 23.1 Å². The standard InChI is InChI=1S/C14H19N3O3/c1-10-4-3-5-12(15-10)13(18)17-8-6-16(7-9-17)11(2)14(19)20/h3-5,11H,6-9H2,1-2H3,(H,19,20). The number of piperazine rings is 1. The molecule has 1 saturated heterocycles. The van der Waals surface area contributed by atoms with Crippen LogP contribution in [-0.2, 0) is 4.79 Å². The molecule has 1 amide bonds. The average Bonchev–Trinajstić information content (AvgIpc) is 2.46. The second-order valence-corrected chi connectivity index (χ2v) is 5.01. The number of carbonyl (C=O) groups is 2. The van der Waals surface area contributed by atoms with Crippen LogP contribution in [0.3, 0.4) is 0 Å². The van der Waals surface area contributed by atoms with Gasteiger partial charge in [0.25, 0.3) is 5.91 Å². The summed E-state index contributed by atoms with van der Waals surface area (Å²) in [7, 11) is 0. The number of carboxylic acid groups (broad SMARTS) is 1. The Morgan fingerprint density at radius 3 is 2.45 bits per heavy atom. The number of rotatable bonds is 3. The monoisotopic (exact) mass is 277 g/mol. The molecule has 0 bridgehead atoms. The molecule has 0 spiro atoms. The first kappa shape index (κ1) is 14.5. The molecule has 2 heterocycles. The van der Waals surface area contributed by atoms with E-state index in [1.165, 1.54) is 0 Å². The third kappa shape index (κ3) is 3.14. The zero-order valence-corrected chi connectivity index (χ0v) is 11.7. The van der Waals surface area contributed by atoms with Crippen molar-refractivity contribution in [2.75, 3.05) is 26.2 Å². The zero-order valence-electron chi connectivity index (χ0n) is 11.7. The maximum Gasteiger partial charge on any atom is 0.320 e. The Hall–Kier alpha value is -1.95.